The SMILES string of the molecule is Cc1cc(C2CCCC2)cc(-c2c3ccc([Si](C)(C)C)cc3cc[n+]2C)c1C. The maximum absolute atomic E-state index is 2.50. The Morgan fingerprint density at radius 1 is 0.929 bits per heavy atom. The van der Waals surface area contributed by atoms with Crippen molar-refractivity contribution in [2.24, 2.45) is 7.05 Å². The van der Waals surface area contributed by atoms with Gasteiger partial charge in [-0.1, -0.05) is 55.9 Å². The van der Waals surface area contributed by atoms with Crippen molar-refractivity contribution in [3.63, 3.8) is 0 Å². The van der Waals surface area contributed by atoms with E-state index in [9.17, 15) is 0 Å². The highest BCUT2D eigenvalue weighted by molar-refractivity contribution is 6.88. The Kier molecular flexibility index (Phi) is 4.95. The molecule has 1 heterocycles. The molecule has 0 bridgehead atoms. The molecule has 1 aliphatic carbocycles. The van der Waals surface area contributed by atoms with Crippen LogP contribution in [0.3, 0.4) is 0 Å². The summed E-state index contributed by atoms with van der Waals surface area (Å²) in [5, 5.41) is 4.28. The van der Waals surface area contributed by atoms with Crippen LogP contribution in [0.5, 0.6) is 0 Å². The summed E-state index contributed by atoms with van der Waals surface area (Å²) in [4.78, 5) is 0. The molecule has 1 nitrogen and oxygen atoms in total. The van der Waals surface area contributed by atoms with E-state index in [1.165, 1.54) is 64.0 Å². The number of hydrogen-bond acceptors (Lipinski definition) is 0. The maximum Gasteiger partial charge on any atom is 0.220 e. The van der Waals surface area contributed by atoms with Crippen LogP contribution in [-0.4, -0.2) is 8.07 Å². The quantitative estimate of drug-likeness (QED) is 0.374. The molecule has 0 N–H and O–H groups in total. The van der Waals surface area contributed by atoms with Gasteiger partial charge in [0, 0.05) is 6.07 Å². The van der Waals surface area contributed by atoms with Crippen LogP contribution in [0.25, 0.3) is 22.0 Å². The van der Waals surface area contributed by atoms with E-state index >= 15 is 0 Å². The first-order valence-corrected chi connectivity index (χ1v) is 14.3. The lowest BCUT2D eigenvalue weighted by Crippen LogP contribution is -2.37. The highest BCUT2D eigenvalue weighted by atomic mass is 28.3. The van der Waals surface area contributed by atoms with Gasteiger partial charge < -0.3 is 0 Å². The fourth-order valence-corrected chi connectivity index (χ4v) is 5.97. The largest absolute Gasteiger partial charge is 0.220 e. The van der Waals surface area contributed by atoms with E-state index in [1.807, 2.05) is 0 Å². The summed E-state index contributed by atoms with van der Waals surface area (Å²) in [6.07, 6.45) is 7.71. The van der Waals surface area contributed by atoms with Gasteiger partial charge in [0.15, 0.2) is 6.20 Å². The molecule has 4 rings (SSSR count). The minimum Gasteiger partial charge on any atom is -0.200 e. The minimum absolute atomic E-state index is 0.747. The van der Waals surface area contributed by atoms with Crippen LogP contribution >= 0.6 is 0 Å². The smallest absolute Gasteiger partial charge is 0.200 e. The summed E-state index contributed by atoms with van der Waals surface area (Å²) < 4.78 is 2.32. The summed E-state index contributed by atoms with van der Waals surface area (Å²) in [7, 11) is 0.878. The summed E-state index contributed by atoms with van der Waals surface area (Å²) in [5.41, 5.74) is 7.16. The minimum atomic E-state index is -1.31. The molecule has 28 heavy (non-hydrogen) atoms. The Morgan fingerprint density at radius 3 is 2.32 bits per heavy atom. The number of aryl methyl sites for hydroxylation is 2. The lowest BCUT2D eigenvalue weighted by molar-refractivity contribution is -0.659. The molecule has 1 saturated carbocycles. The zero-order chi connectivity index (χ0) is 20.1. The van der Waals surface area contributed by atoms with Crippen LogP contribution in [0.1, 0.15) is 48.3 Å². The number of fused-ring (bicyclic) bond motifs is 1. The summed E-state index contributed by atoms with van der Waals surface area (Å²) in [6, 6.07) is 14.4. The average molecular weight is 389 g/mol. The predicted octanol–water partition coefficient (Wildman–Crippen LogP) is 6.15. The molecule has 3 aromatic rings. The molecule has 0 saturated heterocycles. The second-order valence-electron chi connectivity index (χ2n) is 9.82. The Balaban J connectivity index is 1.94. The zero-order valence-corrected chi connectivity index (χ0v) is 19.4. The summed E-state index contributed by atoms with van der Waals surface area (Å²) in [5.74, 6) is 0.747. The number of aromatic nitrogens is 1. The van der Waals surface area contributed by atoms with E-state index in [2.05, 4.69) is 87.7 Å². The zero-order valence-electron chi connectivity index (χ0n) is 18.4. The molecule has 0 unspecified atom stereocenters. The van der Waals surface area contributed by atoms with Gasteiger partial charge in [0.1, 0.15) is 7.05 Å². The lowest BCUT2D eigenvalue weighted by atomic mass is 9.89. The van der Waals surface area contributed by atoms with E-state index in [0.717, 1.165) is 5.92 Å². The third-order valence-corrected chi connectivity index (χ3v) is 8.82. The first kappa shape index (κ1) is 19.4. The van der Waals surface area contributed by atoms with Gasteiger partial charge in [-0.15, -0.1) is 0 Å². The van der Waals surface area contributed by atoms with E-state index < -0.39 is 8.07 Å². The first-order chi connectivity index (χ1) is 13.3. The first-order valence-electron chi connectivity index (χ1n) is 10.8. The normalized spacial score (nSPS) is 15.5. The molecule has 1 aromatic heterocycles. The van der Waals surface area contributed by atoms with Crippen LogP contribution in [0.15, 0.2) is 42.6 Å². The second-order valence-corrected chi connectivity index (χ2v) is 14.9. The van der Waals surface area contributed by atoms with Gasteiger partial charge in [-0.2, -0.15) is 0 Å². The van der Waals surface area contributed by atoms with Crippen LogP contribution < -0.4 is 9.75 Å². The molecule has 0 spiro atoms. The van der Waals surface area contributed by atoms with Crippen molar-refractivity contribution in [1.29, 1.82) is 0 Å². The third-order valence-electron chi connectivity index (χ3n) is 6.77. The van der Waals surface area contributed by atoms with Crippen molar-refractivity contribution in [2.45, 2.75) is 65.1 Å². The van der Waals surface area contributed by atoms with Crippen molar-refractivity contribution in [2.75, 3.05) is 0 Å². The van der Waals surface area contributed by atoms with E-state index in [4.69, 9.17) is 0 Å². The van der Waals surface area contributed by atoms with Crippen molar-refractivity contribution in [3.8, 4) is 11.3 Å². The van der Waals surface area contributed by atoms with Gasteiger partial charge >= 0.3 is 0 Å². The van der Waals surface area contributed by atoms with Crippen molar-refractivity contribution in [1.82, 2.24) is 0 Å². The second kappa shape index (κ2) is 7.15. The van der Waals surface area contributed by atoms with Gasteiger partial charge in [-0.05, 0) is 66.8 Å². The summed E-state index contributed by atoms with van der Waals surface area (Å²) in [6.45, 7) is 11.9. The Hall–Kier alpha value is -1.93. The van der Waals surface area contributed by atoms with Crippen LogP contribution in [0, 0.1) is 13.8 Å². The topological polar surface area (TPSA) is 3.88 Å². The number of nitrogens with zero attached hydrogens (tertiary/aromatic N) is 1. The Morgan fingerprint density at radius 2 is 1.64 bits per heavy atom. The molecular weight excluding hydrogens is 354 g/mol. The van der Waals surface area contributed by atoms with E-state index in [-0.39, 0.29) is 0 Å². The molecule has 0 radical (unpaired) electrons. The van der Waals surface area contributed by atoms with E-state index in [0.29, 0.717) is 0 Å². The molecular formula is C26H34NSi+. The number of hydrogen-bond donors (Lipinski definition) is 0. The van der Waals surface area contributed by atoms with Crippen LogP contribution in [-0.2, 0) is 7.05 Å². The predicted molar refractivity (Wildman–Crippen MR) is 124 cm³/mol. The Bertz CT molecular complexity index is 1040. The van der Waals surface area contributed by atoms with E-state index in [1.54, 1.807) is 5.56 Å². The molecule has 0 amide bonds. The van der Waals surface area contributed by atoms with Crippen molar-refractivity contribution in [3.05, 3.63) is 59.3 Å². The highest BCUT2D eigenvalue weighted by Gasteiger charge is 2.24. The molecule has 2 aromatic carbocycles. The average Bonchev–Trinajstić information content (AvgIpc) is 3.18. The molecule has 2 heteroatoms. The van der Waals surface area contributed by atoms with Crippen molar-refractivity contribution >= 4 is 24.0 Å². The number of rotatable bonds is 3. The van der Waals surface area contributed by atoms with Gasteiger partial charge in [-0.3, -0.25) is 0 Å². The molecule has 0 atom stereocenters. The van der Waals surface area contributed by atoms with Crippen LogP contribution in [0.2, 0.25) is 19.6 Å². The van der Waals surface area contributed by atoms with Crippen molar-refractivity contribution < 1.29 is 4.57 Å². The fraction of sp³-hybridized carbons (Fsp3) is 0.423. The van der Waals surface area contributed by atoms with Crippen LogP contribution in [0.4, 0.5) is 0 Å². The standard InChI is InChI=1S/C26H34NSi/c1-18-15-22(20-9-7-8-10-20)17-25(19(18)2)26-24-12-11-23(28(4,5)6)16-21(24)13-14-27(26)3/h11-17,20H,7-10H2,1-6H3/q+1. The Labute approximate surface area is 171 Å². The van der Waals surface area contributed by atoms with Gasteiger partial charge in [0.05, 0.1) is 19.0 Å². The molecule has 146 valence electrons. The maximum atomic E-state index is 2.50. The summed E-state index contributed by atoms with van der Waals surface area (Å²) >= 11 is 0. The monoisotopic (exact) mass is 388 g/mol. The molecule has 1 fully saturated rings. The third kappa shape index (κ3) is 3.43. The highest BCUT2D eigenvalue weighted by Crippen LogP contribution is 2.38. The fourth-order valence-electron chi connectivity index (χ4n) is 4.80. The van der Waals surface area contributed by atoms with Gasteiger partial charge in [-0.25, -0.2) is 4.57 Å². The van der Waals surface area contributed by atoms with Gasteiger partial charge in [0.25, 0.3) is 0 Å². The lowest BCUT2D eigenvalue weighted by Gasteiger charge is -2.18. The number of pyridine rings is 1. The molecule has 0 aliphatic heterocycles. The number of benzene rings is 2. The molecule has 1 aliphatic rings. The van der Waals surface area contributed by atoms with Gasteiger partial charge in [0.2, 0.25) is 5.69 Å².